The van der Waals surface area contributed by atoms with Crippen molar-refractivity contribution in [2.45, 2.75) is 38.6 Å². The topological polar surface area (TPSA) is 83.3 Å². The summed E-state index contributed by atoms with van der Waals surface area (Å²) in [5.41, 5.74) is 0. The van der Waals surface area contributed by atoms with Gasteiger partial charge in [-0.3, -0.25) is 15.0 Å². The summed E-state index contributed by atoms with van der Waals surface area (Å²) in [6.07, 6.45) is 4.89. The zero-order chi connectivity index (χ0) is 14.7. The molecule has 2 heterocycles. The van der Waals surface area contributed by atoms with Gasteiger partial charge in [-0.15, -0.1) is 5.10 Å². The van der Waals surface area contributed by atoms with Crippen LogP contribution in [-0.2, 0) is 4.79 Å². The monoisotopic (exact) mass is 293 g/mol. The molecule has 1 saturated carbocycles. The van der Waals surface area contributed by atoms with Gasteiger partial charge in [0.15, 0.2) is 0 Å². The average Bonchev–Trinajstić information content (AvgIpc) is 3.23. The maximum atomic E-state index is 12.1. The Morgan fingerprint density at radius 1 is 1.43 bits per heavy atom. The Labute approximate surface area is 124 Å². The number of hydrogen-bond acceptors (Lipinski definition) is 6. The van der Waals surface area contributed by atoms with Gasteiger partial charge in [0.05, 0.1) is 6.54 Å². The van der Waals surface area contributed by atoms with E-state index in [4.69, 9.17) is 4.42 Å². The second kappa shape index (κ2) is 6.53. The van der Waals surface area contributed by atoms with Gasteiger partial charge in [0, 0.05) is 19.5 Å². The smallest absolute Gasteiger partial charge is 0.322 e. The predicted molar refractivity (Wildman–Crippen MR) is 77.9 cm³/mol. The highest BCUT2D eigenvalue weighted by molar-refractivity contribution is 5.90. The van der Waals surface area contributed by atoms with E-state index in [0.29, 0.717) is 24.4 Å². The molecule has 0 spiro atoms. The van der Waals surface area contributed by atoms with Crippen LogP contribution in [0.2, 0.25) is 0 Å². The van der Waals surface area contributed by atoms with Crippen LogP contribution >= 0.6 is 0 Å². The van der Waals surface area contributed by atoms with Crippen LogP contribution in [0, 0.1) is 12.8 Å². The number of nitrogens with one attached hydrogen (secondary N) is 2. The molecule has 1 amide bonds. The van der Waals surface area contributed by atoms with E-state index in [1.807, 2.05) is 0 Å². The van der Waals surface area contributed by atoms with Crippen LogP contribution in [-0.4, -0.2) is 53.2 Å². The molecule has 21 heavy (non-hydrogen) atoms. The Balaban J connectivity index is 1.50. The van der Waals surface area contributed by atoms with E-state index < -0.39 is 0 Å². The second-order valence-electron chi connectivity index (χ2n) is 6.05. The highest BCUT2D eigenvalue weighted by atomic mass is 16.4. The second-order valence-corrected chi connectivity index (χ2v) is 6.05. The van der Waals surface area contributed by atoms with Gasteiger partial charge in [0.2, 0.25) is 11.8 Å². The van der Waals surface area contributed by atoms with Gasteiger partial charge in [-0.2, -0.15) is 0 Å². The number of aromatic nitrogens is 2. The average molecular weight is 293 g/mol. The Kier molecular flexibility index (Phi) is 4.50. The van der Waals surface area contributed by atoms with Gasteiger partial charge in [-0.05, 0) is 44.7 Å². The summed E-state index contributed by atoms with van der Waals surface area (Å²) in [6.45, 7) is 5.29. The lowest BCUT2D eigenvalue weighted by Gasteiger charge is -2.29. The Morgan fingerprint density at radius 3 is 2.90 bits per heavy atom. The van der Waals surface area contributed by atoms with Crippen molar-refractivity contribution < 1.29 is 9.21 Å². The molecule has 1 aromatic rings. The van der Waals surface area contributed by atoms with E-state index >= 15 is 0 Å². The Morgan fingerprint density at radius 2 is 2.29 bits per heavy atom. The first kappa shape index (κ1) is 14.5. The van der Waals surface area contributed by atoms with E-state index in [-0.39, 0.29) is 11.9 Å². The third-order valence-electron chi connectivity index (χ3n) is 4.07. The number of carbonyl (C=O) groups excluding carboxylic acids is 1. The van der Waals surface area contributed by atoms with Crippen molar-refractivity contribution in [3.8, 4) is 0 Å². The normalized spacial score (nSPS) is 22.5. The van der Waals surface area contributed by atoms with Crippen LogP contribution < -0.4 is 10.6 Å². The predicted octanol–water partition coefficient (Wildman–Crippen LogP) is 0.781. The quantitative estimate of drug-likeness (QED) is 0.806. The molecular formula is C14H23N5O2. The SMILES string of the molecule is Cc1nnc(NC(=O)CN(CC2CCCNC2)C2CC2)o1. The highest BCUT2D eigenvalue weighted by Crippen LogP contribution is 2.28. The van der Waals surface area contributed by atoms with Gasteiger partial charge in [-0.1, -0.05) is 5.10 Å². The van der Waals surface area contributed by atoms with Crippen LogP contribution in [0.15, 0.2) is 4.42 Å². The molecule has 3 rings (SSSR count). The fourth-order valence-electron chi connectivity index (χ4n) is 2.88. The van der Waals surface area contributed by atoms with Crippen molar-refractivity contribution in [1.82, 2.24) is 20.4 Å². The third-order valence-corrected chi connectivity index (χ3v) is 4.07. The summed E-state index contributed by atoms with van der Waals surface area (Å²) in [4.78, 5) is 14.4. The van der Waals surface area contributed by atoms with Crippen molar-refractivity contribution in [2.75, 3.05) is 31.5 Å². The lowest BCUT2D eigenvalue weighted by molar-refractivity contribution is -0.117. The number of aryl methyl sites for hydroxylation is 1. The number of carbonyl (C=O) groups is 1. The summed E-state index contributed by atoms with van der Waals surface area (Å²) in [5.74, 6) is 1.03. The summed E-state index contributed by atoms with van der Waals surface area (Å²) >= 11 is 0. The molecule has 116 valence electrons. The van der Waals surface area contributed by atoms with Crippen LogP contribution in [0.4, 0.5) is 6.01 Å². The number of anilines is 1. The Hall–Kier alpha value is -1.47. The number of piperidine rings is 1. The number of amides is 1. The third kappa shape index (κ3) is 4.25. The zero-order valence-electron chi connectivity index (χ0n) is 12.5. The largest absolute Gasteiger partial charge is 0.408 e. The molecule has 7 nitrogen and oxygen atoms in total. The summed E-state index contributed by atoms with van der Waals surface area (Å²) in [5, 5.41) is 13.6. The van der Waals surface area contributed by atoms with Gasteiger partial charge < -0.3 is 9.73 Å². The maximum Gasteiger partial charge on any atom is 0.322 e. The maximum absolute atomic E-state index is 12.1. The standard InChI is InChI=1S/C14H23N5O2/c1-10-17-18-14(21-10)16-13(20)9-19(12-4-5-12)8-11-3-2-6-15-7-11/h11-12,15H,2-9H2,1H3,(H,16,18,20). The lowest BCUT2D eigenvalue weighted by atomic mass is 9.99. The highest BCUT2D eigenvalue weighted by Gasteiger charge is 2.32. The minimum atomic E-state index is -0.0747. The van der Waals surface area contributed by atoms with E-state index in [1.165, 1.54) is 25.7 Å². The van der Waals surface area contributed by atoms with Crippen LogP contribution in [0.3, 0.4) is 0 Å². The molecule has 1 saturated heterocycles. The summed E-state index contributed by atoms with van der Waals surface area (Å²) in [6, 6.07) is 0.759. The van der Waals surface area contributed by atoms with Gasteiger partial charge >= 0.3 is 6.01 Å². The molecule has 7 heteroatoms. The number of rotatable bonds is 6. The molecule has 0 bridgehead atoms. The summed E-state index contributed by atoms with van der Waals surface area (Å²) in [7, 11) is 0. The molecule has 0 aromatic carbocycles. The fraction of sp³-hybridized carbons (Fsp3) is 0.786. The number of nitrogens with zero attached hydrogens (tertiary/aromatic N) is 3. The van der Waals surface area contributed by atoms with Crippen molar-refractivity contribution in [1.29, 1.82) is 0 Å². The van der Waals surface area contributed by atoms with Crippen molar-refractivity contribution in [3.05, 3.63) is 5.89 Å². The van der Waals surface area contributed by atoms with Crippen molar-refractivity contribution in [3.63, 3.8) is 0 Å². The van der Waals surface area contributed by atoms with Gasteiger partial charge in [-0.25, -0.2) is 0 Å². The molecule has 1 aliphatic carbocycles. The van der Waals surface area contributed by atoms with Crippen molar-refractivity contribution >= 4 is 11.9 Å². The molecular weight excluding hydrogens is 270 g/mol. The zero-order valence-corrected chi connectivity index (χ0v) is 12.5. The van der Waals surface area contributed by atoms with Crippen LogP contribution in [0.5, 0.6) is 0 Å². The first-order valence-corrected chi connectivity index (χ1v) is 7.75. The molecule has 1 aromatic heterocycles. The molecule has 0 radical (unpaired) electrons. The van der Waals surface area contributed by atoms with Crippen LogP contribution in [0.25, 0.3) is 0 Å². The number of hydrogen-bond donors (Lipinski definition) is 2. The first-order valence-electron chi connectivity index (χ1n) is 7.75. The van der Waals surface area contributed by atoms with E-state index in [1.54, 1.807) is 6.92 Å². The first-order chi connectivity index (χ1) is 10.2. The van der Waals surface area contributed by atoms with E-state index in [2.05, 4.69) is 25.7 Å². The molecule has 1 unspecified atom stereocenters. The molecule has 2 aliphatic rings. The van der Waals surface area contributed by atoms with E-state index in [9.17, 15) is 4.79 Å². The van der Waals surface area contributed by atoms with Gasteiger partial charge in [0.1, 0.15) is 0 Å². The molecule has 2 N–H and O–H groups in total. The minimum Gasteiger partial charge on any atom is -0.408 e. The van der Waals surface area contributed by atoms with Crippen molar-refractivity contribution in [2.24, 2.45) is 5.92 Å². The van der Waals surface area contributed by atoms with E-state index in [0.717, 1.165) is 19.6 Å². The molecule has 1 aliphatic heterocycles. The Bertz CT molecular complexity index is 479. The molecule has 1 atom stereocenters. The van der Waals surface area contributed by atoms with Crippen LogP contribution in [0.1, 0.15) is 31.6 Å². The minimum absolute atomic E-state index is 0.0747. The molecule has 2 fully saturated rings. The summed E-state index contributed by atoms with van der Waals surface area (Å²) < 4.78 is 5.18. The van der Waals surface area contributed by atoms with Gasteiger partial charge in [0.25, 0.3) is 0 Å². The fourth-order valence-corrected chi connectivity index (χ4v) is 2.88. The lowest BCUT2D eigenvalue weighted by Crippen LogP contribution is -2.42.